The molecule has 59 heavy (non-hydrogen) atoms. The van der Waals surface area contributed by atoms with E-state index < -0.39 is 10.8 Å². The highest BCUT2D eigenvalue weighted by atomic mass is 16.5. The first-order valence-corrected chi connectivity index (χ1v) is 20.6. The molecule has 3 aliphatic carbocycles. The molecule has 0 aromatic heterocycles. The van der Waals surface area contributed by atoms with E-state index in [1.54, 1.807) is 0 Å². The van der Waals surface area contributed by atoms with Crippen molar-refractivity contribution in [3.8, 4) is 28.0 Å². The van der Waals surface area contributed by atoms with E-state index in [-0.39, 0.29) is 0 Å². The predicted octanol–water partition coefficient (Wildman–Crippen LogP) is 12.6. The maximum atomic E-state index is 6.87. The Balaban J connectivity index is 1.12. The quantitative estimate of drug-likeness (QED) is 0.175. The molecule has 2 spiro atoms. The van der Waals surface area contributed by atoms with Crippen molar-refractivity contribution in [1.82, 2.24) is 0 Å². The lowest BCUT2D eigenvalue weighted by molar-refractivity contribution is 0.465. The van der Waals surface area contributed by atoms with Crippen LogP contribution in [0.15, 0.2) is 177 Å². The molecule has 0 amide bonds. The molecule has 3 heterocycles. The van der Waals surface area contributed by atoms with Crippen molar-refractivity contribution in [3.05, 3.63) is 243 Å². The van der Waals surface area contributed by atoms with Gasteiger partial charge in [0.25, 0.3) is 0 Å². The van der Waals surface area contributed by atoms with Crippen molar-refractivity contribution in [2.45, 2.75) is 10.8 Å². The molecule has 13 rings (SSSR count). The molecule has 0 unspecified atom stereocenters. The van der Waals surface area contributed by atoms with E-state index in [2.05, 4.69) is 181 Å². The monoisotopic (exact) mass is 754 g/mol. The van der Waals surface area contributed by atoms with Crippen LogP contribution in [0.25, 0.3) is 45.6 Å². The molecule has 0 atom stereocenters. The molecule has 0 saturated carbocycles. The summed E-state index contributed by atoms with van der Waals surface area (Å²) in [5.41, 5.74) is 23.3. The normalized spacial score (nSPS) is 18.0. The highest BCUT2D eigenvalue weighted by Gasteiger charge is 2.60. The van der Waals surface area contributed by atoms with Gasteiger partial charge in [0.05, 0.1) is 28.5 Å². The molecule has 0 radical (unpaired) electrons. The molecule has 7 aromatic carbocycles. The van der Waals surface area contributed by atoms with Gasteiger partial charge in [-0.15, -0.1) is 0 Å². The molecule has 3 aliphatic heterocycles. The maximum absolute atomic E-state index is 6.87. The van der Waals surface area contributed by atoms with Crippen molar-refractivity contribution in [2.24, 2.45) is 0 Å². The summed E-state index contributed by atoms with van der Waals surface area (Å²) in [5, 5.41) is 7.40. The second-order valence-electron chi connectivity index (χ2n) is 16.4. The van der Waals surface area contributed by atoms with Gasteiger partial charge < -0.3 is 15.4 Å². The van der Waals surface area contributed by atoms with Crippen molar-refractivity contribution < 1.29 is 4.74 Å². The lowest BCUT2D eigenvalue weighted by Gasteiger charge is -2.49. The molecule has 0 fully saturated rings. The second-order valence-corrected chi connectivity index (χ2v) is 16.4. The average Bonchev–Trinajstić information content (AvgIpc) is 3.75. The number of hydrogen-bond donors (Lipinski definition) is 2. The Morgan fingerprint density at radius 2 is 1.12 bits per heavy atom. The zero-order chi connectivity index (χ0) is 38.9. The molecule has 0 saturated heterocycles. The first-order chi connectivity index (χ1) is 29.2. The van der Waals surface area contributed by atoms with Crippen LogP contribution in [0.3, 0.4) is 0 Å². The Kier molecular flexibility index (Phi) is 6.56. The third-order valence-corrected chi connectivity index (χ3v) is 13.8. The molecular weight excluding hydrogens is 717 g/mol. The van der Waals surface area contributed by atoms with Gasteiger partial charge in [-0.25, -0.2) is 0 Å². The van der Waals surface area contributed by atoms with Crippen LogP contribution in [0.5, 0.6) is 5.75 Å². The van der Waals surface area contributed by atoms with E-state index in [0.29, 0.717) is 0 Å². The molecule has 2 N–H and O–H groups in total. The fourth-order valence-electron chi connectivity index (χ4n) is 11.6. The fourth-order valence-corrected chi connectivity index (χ4v) is 11.6. The summed E-state index contributed by atoms with van der Waals surface area (Å²) < 4.78 is 6.87. The zero-order valence-corrected chi connectivity index (χ0v) is 32.4. The fraction of sp³-hybridized carbons (Fsp3) is 0.0714. The number of fused-ring (bicyclic) bond motifs is 21. The molecule has 3 nitrogen and oxygen atoms in total. The minimum atomic E-state index is -0.694. The van der Waals surface area contributed by atoms with E-state index in [9.17, 15) is 0 Å². The van der Waals surface area contributed by atoms with Crippen molar-refractivity contribution in [2.75, 3.05) is 23.7 Å². The summed E-state index contributed by atoms with van der Waals surface area (Å²) >= 11 is 0. The van der Waals surface area contributed by atoms with Gasteiger partial charge in [0, 0.05) is 29.8 Å². The van der Waals surface area contributed by atoms with Gasteiger partial charge in [-0.2, -0.15) is 0 Å². The maximum Gasteiger partial charge on any atom is 0.139 e. The summed E-state index contributed by atoms with van der Waals surface area (Å²) in [5.74, 6) is 0.859. The predicted molar refractivity (Wildman–Crippen MR) is 243 cm³/mol. The van der Waals surface area contributed by atoms with Crippen molar-refractivity contribution >= 4 is 34.7 Å². The average molecular weight is 755 g/mol. The van der Waals surface area contributed by atoms with Gasteiger partial charge in [0.1, 0.15) is 5.75 Å². The Morgan fingerprint density at radius 3 is 1.85 bits per heavy atom. The minimum Gasteiger partial charge on any atom is -0.464 e. The third-order valence-electron chi connectivity index (χ3n) is 13.8. The summed E-state index contributed by atoms with van der Waals surface area (Å²) in [7, 11) is 0. The van der Waals surface area contributed by atoms with Crippen LogP contribution in [-0.4, -0.2) is 13.1 Å². The number of hydrogen-bond acceptors (Lipinski definition) is 3. The Morgan fingerprint density at radius 1 is 0.508 bits per heavy atom. The highest BCUT2D eigenvalue weighted by molar-refractivity contribution is 6.00. The number of anilines is 2. The number of ether oxygens (including phenoxy) is 1. The molecule has 0 bridgehead atoms. The molecule has 6 aliphatic rings. The van der Waals surface area contributed by atoms with E-state index in [1.165, 1.54) is 100 Å². The van der Waals surface area contributed by atoms with Crippen LogP contribution < -0.4 is 15.4 Å². The number of nitrogens with one attached hydrogen (secondary N) is 2. The van der Waals surface area contributed by atoms with Gasteiger partial charge in [-0.3, -0.25) is 0 Å². The summed E-state index contributed by atoms with van der Waals surface area (Å²) in [6, 6.07) is 52.8. The summed E-state index contributed by atoms with van der Waals surface area (Å²) in [4.78, 5) is 0. The van der Waals surface area contributed by atoms with Crippen LogP contribution in [-0.2, 0) is 10.8 Å². The highest BCUT2D eigenvalue weighted by Crippen LogP contribution is 2.69. The number of benzene rings is 7. The summed E-state index contributed by atoms with van der Waals surface area (Å²) in [6.07, 6.45) is 14.6. The van der Waals surface area contributed by atoms with Crippen LogP contribution >= 0.6 is 0 Å². The van der Waals surface area contributed by atoms with E-state index >= 15 is 0 Å². The van der Waals surface area contributed by atoms with E-state index in [1.807, 2.05) is 18.4 Å². The van der Waals surface area contributed by atoms with Crippen LogP contribution in [0.1, 0.15) is 66.8 Å². The Bertz CT molecular complexity index is 3080. The van der Waals surface area contributed by atoms with Crippen LogP contribution in [0, 0.1) is 0 Å². The van der Waals surface area contributed by atoms with Gasteiger partial charge >= 0.3 is 0 Å². The minimum absolute atomic E-state index is 0.513. The van der Waals surface area contributed by atoms with Crippen LogP contribution in [0.4, 0.5) is 11.4 Å². The van der Waals surface area contributed by atoms with E-state index in [4.69, 9.17) is 4.74 Å². The lowest BCUT2D eigenvalue weighted by atomic mass is 9.52. The smallest absolute Gasteiger partial charge is 0.139 e. The van der Waals surface area contributed by atoms with Crippen LogP contribution in [0.2, 0.25) is 0 Å². The SMILES string of the molecule is C=C1/C=C\C=C/Oc2c1ccc1c2C2(c3ccc(C4=Cc5ccc6c(c5NC4)NCC=C6)cc3-1)c1ccccc1C1(c3ccccc3-c3ccccc31)c1ccccc12. The molecular formula is C56H38N2O. The van der Waals surface area contributed by atoms with Crippen molar-refractivity contribution in [3.63, 3.8) is 0 Å². The van der Waals surface area contributed by atoms with Gasteiger partial charge in [-0.05, 0) is 102 Å². The Labute approximate surface area is 344 Å². The van der Waals surface area contributed by atoms with Crippen molar-refractivity contribution in [1.29, 1.82) is 0 Å². The standard InChI is InChI=1S/C56H38N2O/c1-34-13-10-11-30-59-54-39(34)26-27-42-43-32-36(38-31-37-24-23-35-14-12-29-57-52(35)53(37)58-33-38)25-28-46(43)56(51(42)54)49-21-8-6-19-47(49)55(48-20-7-9-22-50(48)56)44-17-4-2-15-40(44)41-16-3-5-18-45(41)55/h2-28,30-32,57-58H,1,29,33H2/b13-10-,30-11-. The number of allylic oxidation sites excluding steroid dienone is 4. The second kappa shape index (κ2) is 11.8. The molecule has 3 heteroatoms. The zero-order valence-electron chi connectivity index (χ0n) is 32.4. The lowest BCUT2D eigenvalue weighted by Crippen LogP contribution is -2.44. The Hall–Kier alpha value is -7.36. The van der Waals surface area contributed by atoms with E-state index in [0.717, 1.165) is 30.0 Å². The van der Waals surface area contributed by atoms with Gasteiger partial charge in [0.15, 0.2) is 0 Å². The van der Waals surface area contributed by atoms with Gasteiger partial charge in [-0.1, -0.05) is 164 Å². The number of rotatable bonds is 1. The molecule has 7 aromatic rings. The van der Waals surface area contributed by atoms with Gasteiger partial charge in [0.2, 0.25) is 0 Å². The largest absolute Gasteiger partial charge is 0.464 e. The first kappa shape index (κ1) is 32.7. The first-order valence-electron chi connectivity index (χ1n) is 20.6. The summed E-state index contributed by atoms with van der Waals surface area (Å²) in [6.45, 7) is 6.14. The molecule has 278 valence electrons. The topological polar surface area (TPSA) is 33.3 Å². The third kappa shape index (κ3) is 4.07.